The Labute approximate surface area is 82.9 Å². The first kappa shape index (κ1) is 13.4. The van der Waals surface area contributed by atoms with Crippen LogP contribution in [0.2, 0.25) is 0 Å². The van der Waals surface area contributed by atoms with Crippen LogP contribution in [0.5, 0.6) is 0 Å². The third-order valence-corrected chi connectivity index (χ3v) is 2.94. The Bertz CT molecular complexity index is 282. The molecule has 0 spiro atoms. The van der Waals surface area contributed by atoms with Crippen LogP contribution >= 0.6 is 7.60 Å². The Morgan fingerprint density at radius 3 is 1.93 bits per heavy atom. The van der Waals surface area contributed by atoms with Crippen LogP contribution in [0.15, 0.2) is 10.9 Å². The predicted molar refractivity (Wildman–Crippen MR) is 51.7 cm³/mol. The molecule has 0 saturated carbocycles. The van der Waals surface area contributed by atoms with E-state index < -0.39 is 18.9 Å². The number of methoxy groups -OCH3 is 1. The molecule has 0 bridgehead atoms. The molecule has 0 aliphatic carbocycles. The summed E-state index contributed by atoms with van der Waals surface area (Å²) in [4.78, 5) is 29.1. The third kappa shape index (κ3) is 3.25. The number of ether oxygens (including phenoxy) is 1. The molecule has 14 heavy (non-hydrogen) atoms. The lowest BCUT2D eigenvalue weighted by molar-refractivity contribution is -0.135. The highest BCUT2D eigenvalue weighted by molar-refractivity contribution is 7.58. The molecule has 0 rings (SSSR count). The quantitative estimate of drug-likeness (QED) is 0.427. The number of esters is 1. The van der Waals surface area contributed by atoms with Crippen molar-refractivity contribution in [1.82, 2.24) is 0 Å². The minimum Gasteiger partial charge on any atom is -0.465 e. The maximum absolute atomic E-state index is 11.1. The van der Waals surface area contributed by atoms with Gasteiger partial charge < -0.3 is 14.5 Å². The lowest BCUT2D eigenvalue weighted by Crippen LogP contribution is -2.08. The van der Waals surface area contributed by atoms with Gasteiger partial charge in [-0.05, 0) is 18.4 Å². The van der Waals surface area contributed by atoms with E-state index in [1.807, 2.05) is 0 Å². The predicted octanol–water partition coefficient (Wildman–Crippen LogP) is 1.41. The molecule has 5 nitrogen and oxygen atoms in total. The van der Waals surface area contributed by atoms with Crippen LogP contribution in [0.3, 0.4) is 0 Å². The Balaban J connectivity index is 5.41. The molecule has 0 aromatic heterocycles. The van der Waals surface area contributed by atoms with Gasteiger partial charge in [-0.2, -0.15) is 0 Å². The number of hydrogen-bond acceptors (Lipinski definition) is 3. The molecule has 0 saturated heterocycles. The summed E-state index contributed by atoms with van der Waals surface area (Å²) in [6, 6.07) is 0. The van der Waals surface area contributed by atoms with Crippen molar-refractivity contribution >= 4 is 13.6 Å². The lowest BCUT2D eigenvalue weighted by Gasteiger charge is -2.11. The van der Waals surface area contributed by atoms with Crippen molar-refractivity contribution < 1.29 is 23.9 Å². The standard InChI is InChI=1S/C8H15O5P/c1-4-6(5-2)7(8(9)13-3)14(10,11)12/h4-5H2,1-3H3,(H2,10,11,12). The van der Waals surface area contributed by atoms with E-state index in [1.54, 1.807) is 13.8 Å². The molecular weight excluding hydrogens is 207 g/mol. The highest BCUT2D eigenvalue weighted by Crippen LogP contribution is 2.48. The molecule has 0 unspecified atom stereocenters. The molecule has 0 atom stereocenters. The van der Waals surface area contributed by atoms with E-state index in [0.29, 0.717) is 18.4 Å². The van der Waals surface area contributed by atoms with Gasteiger partial charge in [-0.3, -0.25) is 4.57 Å². The van der Waals surface area contributed by atoms with Crippen molar-refractivity contribution in [2.75, 3.05) is 7.11 Å². The summed E-state index contributed by atoms with van der Waals surface area (Å²) in [6.45, 7) is 3.47. The Morgan fingerprint density at radius 2 is 1.71 bits per heavy atom. The van der Waals surface area contributed by atoms with E-state index in [9.17, 15) is 9.36 Å². The van der Waals surface area contributed by atoms with Gasteiger partial charge in [0, 0.05) is 0 Å². The molecule has 0 fully saturated rings. The number of allylic oxidation sites excluding steroid dienone is 1. The van der Waals surface area contributed by atoms with Gasteiger partial charge >= 0.3 is 13.6 Å². The molecular formula is C8H15O5P. The fourth-order valence-corrected chi connectivity index (χ4v) is 2.21. The summed E-state index contributed by atoms with van der Waals surface area (Å²) in [5.41, 5.74) is 0.435. The van der Waals surface area contributed by atoms with Gasteiger partial charge in [0.05, 0.1) is 7.11 Å². The number of hydrogen-bond donors (Lipinski definition) is 2. The molecule has 82 valence electrons. The van der Waals surface area contributed by atoms with E-state index in [2.05, 4.69) is 4.74 Å². The maximum Gasteiger partial charge on any atom is 0.363 e. The first-order chi connectivity index (χ1) is 6.38. The highest BCUT2D eigenvalue weighted by Gasteiger charge is 2.31. The van der Waals surface area contributed by atoms with Gasteiger partial charge in [0.2, 0.25) is 0 Å². The molecule has 0 radical (unpaired) electrons. The van der Waals surface area contributed by atoms with Gasteiger partial charge in [0.15, 0.2) is 0 Å². The second-order valence-electron chi connectivity index (χ2n) is 2.69. The minimum absolute atomic E-state index is 0.423. The Kier molecular flexibility index (Phi) is 5.05. The van der Waals surface area contributed by atoms with Crippen LogP contribution < -0.4 is 0 Å². The van der Waals surface area contributed by atoms with E-state index in [1.165, 1.54) is 0 Å². The number of carbonyl (C=O) groups is 1. The average Bonchev–Trinajstić information content (AvgIpc) is 2.10. The zero-order chi connectivity index (χ0) is 11.4. The maximum atomic E-state index is 11.1. The first-order valence-corrected chi connectivity index (χ1v) is 5.86. The molecule has 0 aromatic rings. The summed E-state index contributed by atoms with van der Waals surface area (Å²) in [7, 11) is -3.43. The van der Waals surface area contributed by atoms with Crippen molar-refractivity contribution in [3.05, 3.63) is 10.9 Å². The summed E-state index contributed by atoms with van der Waals surface area (Å²) < 4.78 is 15.4. The summed E-state index contributed by atoms with van der Waals surface area (Å²) in [5, 5.41) is -0.495. The van der Waals surface area contributed by atoms with Crippen molar-refractivity contribution in [2.24, 2.45) is 0 Å². The van der Waals surface area contributed by atoms with E-state index in [-0.39, 0.29) is 0 Å². The summed E-state index contributed by atoms with van der Waals surface area (Å²) in [5.74, 6) is -0.947. The van der Waals surface area contributed by atoms with Crippen LogP contribution in [0.1, 0.15) is 26.7 Å². The third-order valence-electron chi connectivity index (χ3n) is 1.86. The van der Waals surface area contributed by atoms with Gasteiger partial charge in [-0.15, -0.1) is 0 Å². The monoisotopic (exact) mass is 222 g/mol. The van der Waals surface area contributed by atoms with Gasteiger partial charge in [0.25, 0.3) is 0 Å². The van der Waals surface area contributed by atoms with E-state index in [4.69, 9.17) is 9.79 Å². The number of rotatable bonds is 4. The summed E-state index contributed by atoms with van der Waals surface area (Å²) in [6.07, 6.45) is 0.845. The van der Waals surface area contributed by atoms with Crippen molar-refractivity contribution in [1.29, 1.82) is 0 Å². The smallest absolute Gasteiger partial charge is 0.363 e. The van der Waals surface area contributed by atoms with Crippen LogP contribution in [-0.2, 0) is 14.1 Å². The van der Waals surface area contributed by atoms with Gasteiger partial charge in [0.1, 0.15) is 5.31 Å². The average molecular weight is 222 g/mol. The Hall–Kier alpha value is -0.640. The largest absolute Gasteiger partial charge is 0.465 e. The molecule has 0 heterocycles. The van der Waals surface area contributed by atoms with Gasteiger partial charge in [-0.1, -0.05) is 13.8 Å². The normalized spacial score (nSPS) is 10.9. The highest BCUT2D eigenvalue weighted by atomic mass is 31.2. The molecule has 2 N–H and O–H groups in total. The van der Waals surface area contributed by atoms with E-state index >= 15 is 0 Å². The SMILES string of the molecule is CCC(CC)=C(C(=O)OC)P(=O)(O)O. The van der Waals surface area contributed by atoms with Crippen LogP contribution in [0.25, 0.3) is 0 Å². The molecule has 0 aliphatic heterocycles. The fraction of sp³-hybridized carbons (Fsp3) is 0.625. The molecule has 0 amide bonds. The molecule has 0 aliphatic rings. The summed E-state index contributed by atoms with van der Waals surface area (Å²) >= 11 is 0. The lowest BCUT2D eigenvalue weighted by atomic mass is 10.1. The zero-order valence-corrected chi connectivity index (χ0v) is 9.38. The van der Waals surface area contributed by atoms with Gasteiger partial charge in [-0.25, -0.2) is 4.79 Å². The van der Waals surface area contributed by atoms with Crippen LogP contribution in [-0.4, -0.2) is 22.9 Å². The minimum atomic E-state index is -4.53. The van der Waals surface area contributed by atoms with Crippen molar-refractivity contribution in [3.63, 3.8) is 0 Å². The second kappa shape index (κ2) is 5.29. The zero-order valence-electron chi connectivity index (χ0n) is 8.48. The van der Waals surface area contributed by atoms with Crippen molar-refractivity contribution in [3.8, 4) is 0 Å². The van der Waals surface area contributed by atoms with Crippen molar-refractivity contribution in [2.45, 2.75) is 26.7 Å². The topological polar surface area (TPSA) is 83.8 Å². The van der Waals surface area contributed by atoms with Crippen LogP contribution in [0.4, 0.5) is 0 Å². The fourth-order valence-electron chi connectivity index (χ4n) is 1.15. The second-order valence-corrected chi connectivity index (χ2v) is 4.23. The molecule has 0 aromatic carbocycles. The van der Waals surface area contributed by atoms with E-state index in [0.717, 1.165) is 7.11 Å². The Morgan fingerprint density at radius 1 is 1.29 bits per heavy atom. The molecule has 6 heteroatoms. The first-order valence-electron chi connectivity index (χ1n) is 4.24. The number of carbonyl (C=O) groups excluding carboxylic acids is 1. The van der Waals surface area contributed by atoms with Crippen LogP contribution in [0, 0.1) is 0 Å².